The summed E-state index contributed by atoms with van der Waals surface area (Å²) in [5, 5.41) is 0.0494. The zero-order valence-corrected chi connectivity index (χ0v) is 17.0. The maximum absolute atomic E-state index is 13.3. The lowest BCUT2D eigenvalue weighted by molar-refractivity contribution is -0.313. The van der Waals surface area contributed by atoms with Crippen molar-refractivity contribution in [3.63, 3.8) is 0 Å². The number of alkyl halides is 6. The van der Waals surface area contributed by atoms with Crippen LogP contribution in [0.25, 0.3) is 0 Å². The number of para-hydroxylation sites is 2. The number of hydroxylamine groups is 2. The van der Waals surface area contributed by atoms with Gasteiger partial charge in [0.1, 0.15) is 0 Å². The average molecular weight is 486 g/mol. The third-order valence-electron chi connectivity index (χ3n) is 4.13. The standard InChI is InChI=1S/C14H16F6N2O6S2/c1-3-9-12(4-2,21-27-10-7-5-6-8-11(10)28-21)22(29(23,24)13(15,16)17)30(25,26)14(18,19)20/h5-8H,3-4,9H2,1-2H3. The first-order valence-electron chi connectivity index (χ1n) is 8.24. The van der Waals surface area contributed by atoms with Gasteiger partial charge in [0.05, 0.1) is 5.23 Å². The van der Waals surface area contributed by atoms with Crippen LogP contribution >= 0.6 is 0 Å². The van der Waals surface area contributed by atoms with Gasteiger partial charge in [-0.05, 0) is 25.0 Å². The highest BCUT2D eigenvalue weighted by Gasteiger charge is 2.70. The van der Waals surface area contributed by atoms with E-state index < -0.39 is 53.3 Å². The van der Waals surface area contributed by atoms with Crippen molar-refractivity contribution in [3.8, 4) is 11.5 Å². The Morgan fingerprint density at radius 3 is 1.57 bits per heavy atom. The zero-order valence-electron chi connectivity index (χ0n) is 15.4. The molecular weight excluding hydrogens is 470 g/mol. The SMILES string of the molecule is CCCC(CC)(N1Oc2ccccc2O1)N(S(=O)(=O)C(F)(F)F)S(=O)(=O)C(F)(F)F. The molecule has 1 unspecified atom stereocenters. The Bertz CT molecular complexity index is 926. The van der Waals surface area contributed by atoms with Crippen LogP contribution in [0.1, 0.15) is 33.1 Å². The molecule has 172 valence electrons. The molecule has 0 saturated carbocycles. The molecule has 1 heterocycles. The number of halogens is 6. The van der Waals surface area contributed by atoms with Crippen molar-refractivity contribution in [2.45, 2.75) is 49.8 Å². The van der Waals surface area contributed by atoms with Crippen molar-refractivity contribution in [1.29, 1.82) is 0 Å². The van der Waals surface area contributed by atoms with Crippen LogP contribution in [-0.4, -0.2) is 42.5 Å². The maximum atomic E-state index is 13.3. The van der Waals surface area contributed by atoms with Gasteiger partial charge in [-0.3, -0.25) is 0 Å². The Kier molecular flexibility index (Phi) is 6.31. The Morgan fingerprint density at radius 1 is 0.867 bits per heavy atom. The van der Waals surface area contributed by atoms with Gasteiger partial charge in [-0.15, -0.1) is 0 Å². The fraction of sp³-hybridized carbons (Fsp3) is 0.571. The molecule has 16 heteroatoms. The van der Waals surface area contributed by atoms with Crippen LogP contribution < -0.4 is 9.68 Å². The number of hydrogen-bond donors (Lipinski definition) is 0. The van der Waals surface area contributed by atoms with E-state index in [0.717, 1.165) is 6.92 Å². The Morgan fingerprint density at radius 2 is 1.27 bits per heavy atom. The van der Waals surface area contributed by atoms with E-state index >= 15 is 0 Å². The van der Waals surface area contributed by atoms with Crippen molar-refractivity contribution in [2.75, 3.05) is 0 Å². The van der Waals surface area contributed by atoms with Gasteiger partial charge in [0, 0.05) is 0 Å². The lowest BCUT2D eigenvalue weighted by Gasteiger charge is -2.43. The smallest absolute Gasteiger partial charge is 0.365 e. The van der Waals surface area contributed by atoms with E-state index in [2.05, 4.69) is 0 Å². The molecule has 8 nitrogen and oxygen atoms in total. The minimum atomic E-state index is -7.07. The predicted octanol–water partition coefficient (Wildman–Crippen LogP) is 3.50. The number of benzene rings is 1. The summed E-state index contributed by atoms with van der Waals surface area (Å²) >= 11 is 0. The summed E-state index contributed by atoms with van der Waals surface area (Å²) in [6.45, 7) is 2.29. The highest BCUT2D eigenvalue weighted by Crippen LogP contribution is 2.47. The fourth-order valence-corrected chi connectivity index (χ4v) is 6.20. The minimum absolute atomic E-state index is 0.0494. The summed E-state index contributed by atoms with van der Waals surface area (Å²) in [6, 6.07) is 5.27. The molecular formula is C14H16F6N2O6S2. The number of hydrogen-bond acceptors (Lipinski definition) is 7. The number of sulfonamides is 2. The van der Waals surface area contributed by atoms with Gasteiger partial charge < -0.3 is 9.68 Å². The van der Waals surface area contributed by atoms with Crippen molar-refractivity contribution >= 4 is 20.0 Å². The van der Waals surface area contributed by atoms with Gasteiger partial charge in [0.2, 0.25) is 0 Å². The zero-order chi connectivity index (χ0) is 23.2. The van der Waals surface area contributed by atoms with Crippen molar-refractivity contribution in [3.05, 3.63) is 24.3 Å². The van der Waals surface area contributed by atoms with Crippen molar-refractivity contribution in [1.82, 2.24) is 8.94 Å². The van der Waals surface area contributed by atoms with Crippen LogP contribution in [0.15, 0.2) is 24.3 Å². The van der Waals surface area contributed by atoms with E-state index in [0.29, 0.717) is 0 Å². The second kappa shape index (κ2) is 7.72. The van der Waals surface area contributed by atoms with Crippen LogP contribution in [0.5, 0.6) is 11.5 Å². The molecule has 2 rings (SSSR count). The molecule has 0 saturated heterocycles. The van der Waals surface area contributed by atoms with Gasteiger partial charge in [-0.2, -0.15) is 26.3 Å². The summed E-state index contributed by atoms with van der Waals surface area (Å²) < 4.78 is 127. The predicted molar refractivity (Wildman–Crippen MR) is 89.3 cm³/mol. The molecule has 1 aromatic carbocycles. The third-order valence-corrected chi connectivity index (χ3v) is 8.03. The minimum Gasteiger partial charge on any atom is -0.365 e. The fourth-order valence-electron chi connectivity index (χ4n) is 2.82. The summed E-state index contributed by atoms with van der Waals surface area (Å²) in [4.78, 5) is 10.2. The van der Waals surface area contributed by atoms with E-state index in [1.54, 1.807) is 0 Å². The number of rotatable bonds is 7. The Hall–Kier alpha value is -1.78. The quantitative estimate of drug-likeness (QED) is 0.545. The first-order valence-corrected chi connectivity index (χ1v) is 11.1. The van der Waals surface area contributed by atoms with Crippen LogP contribution in [0.3, 0.4) is 0 Å². The molecule has 0 bridgehead atoms. The lowest BCUT2D eigenvalue weighted by Crippen LogP contribution is -2.68. The van der Waals surface area contributed by atoms with Gasteiger partial charge in [0.25, 0.3) is 0 Å². The normalized spacial score (nSPS) is 17.9. The van der Waals surface area contributed by atoms with Crippen LogP contribution in [0.2, 0.25) is 0 Å². The number of nitrogens with zero attached hydrogens (tertiary/aromatic N) is 2. The summed E-state index contributed by atoms with van der Waals surface area (Å²) in [5.74, 6) is -0.333. The number of fused-ring (bicyclic) bond motifs is 1. The molecule has 0 N–H and O–H groups in total. The van der Waals surface area contributed by atoms with Crippen molar-refractivity contribution in [2.24, 2.45) is 0 Å². The van der Waals surface area contributed by atoms with Crippen LogP contribution in [-0.2, 0) is 20.0 Å². The van der Waals surface area contributed by atoms with E-state index in [1.807, 2.05) is 0 Å². The first-order chi connectivity index (χ1) is 13.6. The van der Waals surface area contributed by atoms with Gasteiger partial charge in [-0.1, -0.05) is 36.1 Å². The summed E-state index contributed by atoms with van der Waals surface area (Å²) in [7, 11) is -14.1. The molecule has 1 aliphatic heterocycles. The molecule has 0 amide bonds. The maximum Gasteiger partial charge on any atom is 0.512 e. The van der Waals surface area contributed by atoms with Gasteiger partial charge in [-0.25, -0.2) is 16.8 Å². The molecule has 30 heavy (non-hydrogen) atoms. The summed E-state index contributed by atoms with van der Waals surface area (Å²) in [6.07, 6.45) is -1.92. The Balaban J connectivity index is 2.82. The van der Waals surface area contributed by atoms with Crippen LogP contribution in [0.4, 0.5) is 26.3 Å². The monoisotopic (exact) mass is 486 g/mol. The van der Waals surface area contributed by atoms with Crippen molar-refractivity contribution < 1.29 is 52.9 Å². The van der Waals surface area contributed by atoms with E-state index in [9.17, 15) is 43.2 Å². The Labute approximate surface area is 168 Å². The van der Waals surface area contributed by atoms with Gasteiger partial charge >= 0.3 is 31.1 Å². The highest BCUT2D eigenvalue weighted by molar-refractivity contribution is 8.04. The third kappa shape index (κ3) is 3.80. The first kappa shape index (κ1) is 24.5. The molecule has 0 spiro atoms. The average Bonchev–Trinajstić information content (AvgIpc) is 3.03. The lowest BCUT2D eigenvalue weighted by atomic mass is 10.0. The highest BCUT2D eigenvalue weighted by atomic mass is 32.3. The molecule has 0 aliphatic carbocycles. The largest absolute Gasteiger partial charge is 0.512 e. The second-order valence-corrected chi connectivity index (χ2v) is 9.86. The molecule has 0 fully saturated rings. The van der Waals surface area contributed by atoms with E-state index in [4.69, 9.17) is 9.68 Å². The van der Waals surface area contributed by atoms with E-state index in [1.165, 1.54) is 31.2 Å². The molecule has 1 aromatic rings. The van der Waals surface area contributed by atoms with Gasteiger partial charge in [0.15, 0.2) is 17.2 Å². The summed E-state index contributed by atoms with van der Waals surface area (Å²) in [5.41, 5.74) is -15.8. The molecule has 1 atom stereocenters. The van der Waals surface area contributed by atoms with E-state index in [-0.39, 0.29) is 23.1 Å². The topological polar surface area (TPSA) is 93.2 Å². The molecule has 1 aliphatic rings. The second-order valence-electron chi connectivity index (χ2n) is 6.07. The molecule has 0 aromatic heterocycles. The molecule has 0 radical (unpaired) electrons. The van der Waals surface area contributed by atoms with Crippen LogP contribution in [0, 0.1) is 0 Å².